The Balaban J connectivity index is 1.82. The van der Waals surface area contributed by atoms with E-state index in [0.29, 0.717) is 0 Å². The molecule has 0 radical (unpaired) electrons. The smallest absolute Gasteiger partial charge is 0.335 e. The first kappa shape index (κ1) is 13.5. The Morgan fingerprint density at radius 3 is 2.74 bits per heavy atom. The number of nitrogens with zero attached hydrogens (tertiary/aromatic N) is 3. The molecule has 0 aliphatic carbocycles. The van der Waals surface area contributed by atoms with Crippen LogP contribution in [0, 0.1) is 0 Å². The Bertz CT molecular complexity index is 870. The number of aromatic carboxylic acids is 1. The minimum Gasteiger partial charge on any atom is -0.478 e. The van der Waals surface area contributed by atoms with Gasteiger partial charge in [0.2, 0.25) is 0 Å². The molecular weight excluding hydrogens is 292 g/mol. The molecule has 0 spiro atoms. The van der Waals surface area contributed by atoms with E-state index in [-0.39, 0.29) is 5.56 Å². The Morgan fingerprint density at radius 2 is 2.04 bits per heavy atom. The first-order valence-corrected chi connectivity index (χ1v) is 7.34. The number of hydrogen-bond donors (Lipinski definition) is 2. The van der Waals surface area contributed by atoms with Crippen molar-refractivity contribution < 1.29 is 9.90 Å². The van der Waals surface area contributed by atoms with Gasteiger partial charge in [-0.2, -0.15) is 5.10 Å². The van der Waals surface area contributed by atoms with Crippen molar-refractivity contribution in [2.24, 2.45) is 0 Å². The molecule has 2 aromatic heterocycles. The van der Waals surface area contributed by atoms with Crippen LogP contribution in [-0.2, 0) is 6.42 Å². The van der Waals surface area contributed by atoms with Crippen LogP contribution in [0.4, 0.5) is 5.82 Å². The highest BCUT2D eigenvalue weighted by Gasteiger charge is 2.23. The highest BCUT2D eigenvalue weighted by molar-refractivity contribution is 5.87. The standard InChI is InChI=1S/C17H14N4O2/c22-17(23)11-3-5-13(6-4-11)21-16-14(7-9-19-16)15(20-21)12-2-1-8-18-10-12/h1-6,8,10,19H,7,9H2,(H,22,23). The zero-order valence-electron chi connectivity index (χ0n) is 12.2. The van der Waals surface area contributed by atoms with E-state index in [4.69, 9.17) is 10.2 Å². The Labute approximate surface area is 132 Å². The summed E-state index contributed by atoms with van der Waals surface area (Å²) in [5, 5.41) is 17.1. The zero-order chi connectivity index (χ0) is 15.8. The average molecular weight is 306 g/mol. The molecule has 2 N–H and O–H groups in total. The SMILES string of the molecule is O=C(O)c1ccc(-n2nc(-c3cccnc3)c3c2NCC3)cc1. The van der Waals surface area contributed by atoms with Gasteiger partial charge >= 0.3 is 5.97 Å². The average Bonchev–Trinajstić information content (AvgIpc) is 3.18. The first-order chi connectivity index (χ1) is 11.2. The molecule has 1 aromatic carbocycles. The molecule has 3 aromatic rings. The second-order valence-corrected chi connectivity index (χ2v) is 5.36. The van der Waals surface area contributed by atoms with Gasteiger partial charge in [-0.25, -0.2) is 9.48 Å². The van der Waals surface area contributed by atoms with Crippen molar-refractivity contribution in [3.8, 4) is 16.9 Å². The molecule has 3 heterocycles. The predicted octanol–water partition coefficient (Wildman–Crippen LogP) is 2.60. The zero-order valence-corrected chi connectivity index (χ0v) is 12.2. The lowest BCUT2D eigenvalue weighted by molar-refractivity contribution is 0.0697. The second-order valence-electron chi connectivity index (χ2n) is 5.36. The molecular formula is C17H14N4O2. The largest absolute Gasteiger partial charge is 0.478 e. The van der Waals surface area contributed by atoms with Crippen LogP contribution in [0.2, 0.25) is 0 Å². The quantitative estimate of drug-likeness (QED) is 0.777. The summed E-state index contributed by atoms with van der Waals surface area (Å²) in [6.07, 6.45) is 4.45. The number of nitrogens with one attached hydrogen (secondary N) is 1. The highest BCUT2D eigenvalue weighted by Crippen LogP contribution is 2.34. The number of carboxylic acid groups (broad SMARTS) is 1. The van der Waals surface area contributed by atoms with Gasteiger partial charge < -0.3 is 10.4 Å². The van der Waals surface area contributed by atoms with E-state index < -0.39 is 5.97 Å². The van der Waals surface area contributed by atoms with Gasteiger partial charge in [-0.3, -0.25) is 4.98 Å². The van der Waals surface area contributed by atoms with Crippen molar-refractivity contribution >= 4 is 11.8 Å². The number of carboxylic acids is 1. The van der Waals surface area contributed by atoms with Gasteiger partial charge in [-0.1, -0.05) is 0 Å². The molecule has 114 valence electrons. The summed E-state index contributed by atoms with van der Waals surface area (Å²) >= 11 is 0. The topological polar surface area (TPSA) is 80.0 Å². The third-order valence-corrected chi connectivity index (χ3v) is 3.94. The number of carbonyl (C=O) groups is 1. The first-order valence-electron chi connectivity index (χ1n) is 7.34. The fourth-order valence-corrected chi connectivity index (χ4v) is 2.84. The maximum Gasteiger partial charge on any atom is 0.335 e. The van der Waals surface area contributed by atoms with Gasteiger partial charge in [0, 0.05) is 30.1 Å². The van der Waals surface area contributed by atoms with E-state index in [2.05, 4.69) is 10.3 Å². The fourth-order valence-electron chi connectivity index (χ4n) is 2.84. The van der Waals surface area contributed by atoms with Gasteiger partial charge in [-0.15, -0.1) is 0 Å². The van der Waals surface area contributed by atoms with E-state index in [9.17, 15) is 4.79 Å². The van der Waals surface area contributed by atoms with Gasteiger partial charge in [0.15, 0.2) is 0 Å². The molecule has 0 atom stereocenters. The molecule has 0 saturated heterocycles. The molecule has 0 saturated carbocycles. The monoisotopic (exact) mass is 306 g/mol. The van der Waals surface area contributed by atoms with Crippen molar-refractivity contribution in [1.29, 1.82) is 0 Å². The van der Waals surface area contributed by atoms with Crippen molar-refractivity contribution in [2.45, 2.75) is 6.42 Å². The van der Waals surface area contributed by atoms with Gasteiger partial charge in [0.1, 0.15) is 5.82 Å². The number of aromatic nitrogens is 3. The number of anilines is 1. The molecule has 6 nitrogen and oxygen atoms in total. The van der Waals surface area contributed by atoms with Crippen LogP contribution in [0.25, 0.3) is 16.9 Å². The van der Waals surface area contributed by atoms with E-state index >= 15 is 0 Å². The van der Waals surface area contributed by atoms with Gasteiger partial charge in [0.25, 0.3) is 0 Å². The third kappa shape index (κ3) is 2.24. The van der Waals surface area contributed by atoms with Crippen LogP contribution in [-0.4, -0.2) is 32.4 Å². The number of rotatable bonds is 3. The Morgan fingerprint density at radius 1 is 1.22 bits per heavy atom. The maximum atomic E-state index is 11.0. The number of pyridine rings is 1. The minimum absolute atomic E-state index is 0.262. The lowest BCUT2D eigenvalue weighted by Crippen LogP contribution is -2.05. The summed E-state index contributed by atoms with van der Waals surface area (Å²) in [4.78, 5) is 15.1. The lowest BCUT2D eigenvalue weighted by Gasteiger charge is -2.06. The van der Waals surface area contributed by atoms with E-state index in [0.717, 1.165) is 35.7 Å². The molecule has 23 heavy (non-hydrogen) atoms. The van der Waals surface area contributed by atoms with Crippen LogP contribution in [0.1, 0.15) is 15.9 Å². The lowest BCUT2D eigenvalue weighted by atomic mass is 10.1. The molecule has 1 aliphatic rings. The summed E-state index contributed by atoms with van der Waals surface area (Å²) in [7, 11) is 0. The van der Waals surface area contributed by atoms with Crippen molar-refractivity contribution in [3.05, 3.63) is 59.9 Å². The Hall–Kier alpha value is -3.15. The van der Waals surface area contributed by atoms with Gasteiger partial charge in [0.05, 0.1) is 16.9 Å². The maximum absolute atomic E-state index is 11.0. The molecule has 4 rings (SSSR count). The van der Waals surface area contributed by atoms with Crippen LogP contribution >= 0.6 is 0 Å². The van der Waals surface area contributed by atoms with Crippen LogP contribution < -0.4 is 5.32 Å². The highest BCUT2D eigenvalue weighted by atomic mass is 16.4. The summed E-state index contributed by atoms with van der Waals surface area (Å²) in [6, 6.07) is 10.6. The molecule has 0 unspecified atom stereocenters. The summed E-state index contributed by atoms with van der Waals surface area (Å²) in [5.74, 6) is 0.0309. The number of hydrogen-bond acceptors (Lipinski definition) is 4. The second kappa shape index (κ2) is 5.24. The van der Waals surface area contributed by atoms with Crippen LogP contribution in [0.15, 0.2) is 48.8 Å². The van der Waals surface area contributed by atoms with E-state index in [1.165, 1.54) is 5.56 Å². The van der Waals surface area contributed by atoms with Crippen LogP contribution in [0.5, 0.6) is 0 Å². The summed E-state index contributed by atoms with van der Waals surface area (Å²) in [5.41, 5.74) is 4.16. The molecule has 6 heteroatoms. The van der Waals surface area contributed by atoms with Crippen molar-refractivity contribution in [3.63, 3.8) is 0 Å². The number of benzene rings is 1. The molecule has 1 aliphatic heterocycles. The molecule has 0 fully saturated rings. The number of fused-ring (bicyclic) bond motifs is 1. The van der Waals surface area contributed by atoms with Crippen LogP contribution in [0.3, 0.4) is 0 Å². The van der Waals surface area contributed by atoms with E-state index in [1.54, 1.807) is 36.7 Å². The Kier molecular flexibility index (Phi) is 3.08. The molecule has 0 amide bonds. The van der Waals surface area contributed by atoms with Gasteiger partial charge in [-0.05, 0) is 42.8 Å². The van der Waals surface area contributed by atoms with Crippen molar-refractivity contribution in [1.82, 2.24) is 14.8 Å². The third-order valence-electron chi connectivity index (χ3n) is 3.94. The fraction of sp³-hybridized carbons (Fsp3) is 0.118. The summed E-state index contributed by atoms with van der Waals surface area (Å²) in [6.45, 7) is 0.869. The summed E-state index contributed by atoms with van der Waals surface area (Å²) < 4.78 is 1.83. The van der Waals surface area contributed by atoms with E-state index in [1.807, 2.05) is 16.8 Å². The minimum atomic E-state index is -0.934. The van der Waals surface area contributed by atoms with Crippen molar-refractivity contribution in [2.75, 3.05) is 11.9 Å². The predicted molar refractivity (Wildman–Crippen MR) is 85.9 cm³/mol. The normalized spacial score (nSPS) is 12.7. The molecule has 0 bridgehead atoms.